The van der Waals surface area contributed by atoms with E-state index in [0.717, 1.165) is 5.56 Å². The molecule has 21 heavy (non-hydrogen) atoms. The Morgan fingerprint density at radius 3 is 2.52 bits per heavy atom. The molecule has 0 aromatic heterocycles. The SMILES string of the molecule is CC(C)C(NC(=O)C1CCC(=O)NC1)c1ccc(F)cc1. The van der Waals surface area contributed by atoms with E-state index in [1.807, 2.05) is 13.8 Å². The number of nitrogens with one attached hydrogen (secondary N) is 2. The van der Waals surface area contributed by atoms with E-state index < -0.39 is 0 Å². The number of piperidine rings is 1. The molecule has 0 radical (unpaired) electrons. The topological polar surface area (TPSA) is 58.2 Å². The zero-order valence-electron chi connectivity index (χ0n) is 12.4. The quantitative estimate of drug-likeness (QED) is 0.893. The van der Waals surface area contributed by atoms with E-state index in [9.17, 15) is 14.0 Å². The third-order valence-corrected chi connectivity index (χ3v) is 3.83. The molecule has 1 aromatic carbocycles. The molecule has 114 valence electrons. The first-order chi connectivity index (χ1) is 9.97. The number of benzene rings is 1. The summed E-state index contributed by atoms with van der Waals surface area (Å²) in [6.45, 7) is 4.41. The van der Waals surface area contributed by atoms with Crippen molar-refractivity contribution < 1.29 is 14.0 Å². The highest BCUT2D eigenvalue weighted by atomic mass is 19.1. The molecule has 4 nitrogen and oxygen atoms in total. The molecule has 2 N–H and O–H groups in total. The first-order valence-electron chi connectivity index (χ1n) is 7.30. The van der Waals surface area contributed by atoms with Gasteiger partial charge in [-0.25, -0.2) is 4.39 Å². The van der Waals surface area contributed by atoms with Crippen LogP contribution in [0.1, 0.15) is 38.3 Å². The molecular formula is C16H21FN2O2. The molecule has 1 aliphatic rings. The molecule has 2 amide bonds. The van der Waals surface area contributed by atoms with Gasteiger partial charge in [0.15, 0.2) is 0 Å². The Bertz CT molecular complexity index is 504. The first kappa shape index (κ1) is 15.5. The van der Waals surface area contributed by atoms with Gasteiger partial charge in [0.25, 0.3) is 0 Å². The Morgan fingerprint density at radius 2 is 2.00 bits per heavy atom. The average Bonchev–Trinajstić information content (AvgIpc) is 2.46. The van der Waals surface area contributed by atoms with E-state index in [2.05, 4.69) is 10.6 Å². The van der Waals surface area contributed by atoms with Gasteiger partial charge in [0, 0.05) is 13.0 Å². The number of hydrogen-bond acceptors (Lipinski definition) is 2. The van der Waals surface area contributed by atoms with E-state index in [4.69, 9.17) is 0 Å². The lowest BCUT2D eigenvalue weighted by Gasteiger charge is -2.27. The van der Waals surface area contributed by atoms with Crippen molar-refractivity contribution in [2.45, 2.75) is 32.7 Å². The molecule has 0 saturated carbocycles. The van der Waals surface area contributed by atoms with Gasteiger partial charge in [0.2, 0.25) is 11.8 Å². The van der Waals surface area contributed by atoms with Crippen LogP contribution >= 0.6 is 0 Å². The van der Waals surface area contributed by atoms with Crippen LogP contribution in [0.2, 0.25) is 0 Å². The highest BCUT2D eigenvalue weighted by molar-refractivity contribution is 5.83. The molecule has 5 heteroatoms. The highest BCUT2D eigenvalue weighted by Gasteiger charge is 2.27. The van der Waals surface area contributed by atoms with Crippen molar-refractivity contribution in [3.8, 4) is 0 Å². The number of hydrogen-bond donors (Lipinski definition) is 2. The lowest BCUT2D eigenvalue weighted by molar-refractivity contribution is -0.129. The Hall–Kier alpha value is -1.91. The van der Waals surface area contributed by atoms with Crippen LogP contribution in [-0.2, 0) is 9.59 Å². The van der Waals surface area contributed by atoms with Crippen LogP contribution in [0, 0.1) is 17.7 Å². The van der Waals surface area contributed by atoms with Crippen LogP contribution in [0.3, 0.4) is 0 Å². The summed E-state index contributed by atoms with van der Waals surface area (Å²) in [4.78, 5) is 23.5. The molecule has 0 spiro atoms. The van der Waals surface area contributed by atoms with Crippen molar-refractivity contribution in [3.63, 3.8) is 0 Å². The second-order valence-corrected chi connectivity index (χ2v) is 5.82. The molecule has 2 rings (SSSR count). The van der Waals surface area contributed by atoms with Crippen LogP contribution in [0.25, 0.3) is 0 Å². The fraction of sp³-hybridized carbons (Fsp3) is 0.500. The van der Waals surface area contributed by atoms with Crippen molar-refractivity contribution in [2.24, 2.45) is 11.8 Å². The van der Waals surface area contributed by atoms with E-state index >= 15 is 0 Å². The summed E-state index contributed by atoms with van der Waals surface area (Å²) < 4.78 is 13.0. The fourth-order valence-electron chi connectivity index (χ4n) is 2.53. The number of carbonyl (C=O) groups excluding carboxylic acids is 2. The third kappa shape index (κ3) is 4.03. The third-order valence-electron chi connectivity index (χ3n) is 3.83. The van der Waals surface area contributed by atoms with Crippen LogP contribution < -0.4 is 10.6 Å². The summed E-state index contributed by atoms with van der Waals surface area (Å²) in [6, 6.07) is 6.04. The summed E-state index contributed by atoms with van der Waals surface area (Å²) in [7, 11) is 0. The molecule has 2 atom stereocenters. The Morgan fingerprint density at radius 1 is 1.33 bits per heavy atom. The monoisotopic (exact) mass is 292 g/mol. The molecule has 2 unspecified atom stereocenters. The standard InChI is InChI=1S/C16H21FN2O2/c1-10(2)15(11-3-6-13(17)7-4-11)19-16(21)12-5-8-14(20)18-9-12/h3-4,6-7,10,12,15H,5,8-9H2,1-2H3,(H,18,20)(H,19,21). The van der Waals surface area contributed by atoms with Gasteiger partial charge in [-0.3, -0.25) is 9.59 Å². The van der Waals surface area contributed by atoms with Crippen molar-refractivity contribution in [3.05, 3.63) is 35.6 Å². The summed E-state index contributed by atoms with van der Waals surface area (Å²) in [6.07, 6.45) is 0.965. The van der Waals surface area contributed by atoms with Gasteiger partial charge in [-0.15, -0.1) is 0 Å². The van der Waals surface area contributed by atoms with E-state index in [1.54, 1.807) is 12.1 Å². The molecule has 1 heterocycles. The maximum absolute atomic E-state index is 13.0. The van der Waals surface area contributed by atoms with Crippen LogP contribution in [0.4, 0.5) is 4.39 Å². The maximum atomic E-state index is 13.0. The van der Waals surface area contributed by atoms with Crippen molar-refractivity contribution >= 4 is 11.8 Å². The lowest BCUT2D eigenvalue weighted by Crippen LogP contribution is -2.44. The van der Waals surface area contributed by atoms with E-state index in [0.29, 0.717) is 19.4 Å². The minimum Gasteiger partial charge on any atom is -0.355 e. The number of rotatable bonds is 4. The van der Waals surface area contributed by atoms with Gasteiger partial charge >= 0.3 is 0 Å². The Balaban J connectivity index is 2.04. The van der Waals surface area contributed by atoms with Crippen molar-refractivity contribution in [2.75, 3.05) is 6.54 Å². The summed E-state index contributed by atoms with van der Waals surface area (Å²) in [5.41, 5.74) is 0.889. The number of halogens is 1. The lowest BCUT2D eigenvalue weighted by atomic mass is 9.93. The predicted molar refractivity (Wildman–Crippen MR) is 77.9 cm³/mol. The zero-order valence-corrected chi connectivity index (χ0v) is 12.4. The second kappa shape index (κ2) is 6.70. The van der Waals surface area contributed by atoms with Crippen LogP contribution in [-0.4, -0.2) is 18.4 Å². The van der Waals surface area contributed by atoms with Gasteiger partial charge in [0.05, 0.1) is 12.0 Å². The van der Waals surface area contributed by atoms with Crippen molar-refractivity contribution in [1.82, 2.24) is 10.6 Å². The summed E-state index contributed by atoms with van der Waals surface area (Å²) in [5.74, 6) is -0.347. The van der Waals surface area contributed by atoms with Crippen molar-refractivity contribution in [1.29, 1.82) is 0 Å². The molecule has 0 aliphatic carbocycles. The van der Waals surface area contributed by atoms with Gasteiger partial charge in [-0.05, 0) is 30.0 Å². The molecule has 1 aromatic rings. The first-order valence-corrected chi connectivity index (χ1v) is 7.30. The molecule has 1 aliphatic heterocycles. The minimum atomic E-state index is -0.289. The predicted octanol–water partition coefficient (Wildman–Crippen LogP) is 2.17. The van der Waals surface area contributed by atoms with E-state index in [1.165, 1.54) is 12.1 Å². The Labute approximate surface area is 124 Å². The minimum absolute atomic E-state index is 0.00186. The van der Waals surface area contributed by atoms with Gasteiger partial charge in [-0.1, -0.05) is 26.0 Å². The number of carbonyl (C=O) groups is 2. The Kier molecular flexibility index (Phi) is 4.94. The average molecular weight is 292 g/mol. The highest BCUT2D eigenvalue weighted by Crippen LogP contribution is 2.23. The number of amides is 2. The van der Waals surface area contributed by atoms with Gasteiger partial charge < -0.3 is 10.6 Å². The van der Waals surface area contributed by atoms with Gasteiger partial charge in [0.1, 0.15) is 5.82 Å². The second-order valence-electron chi connectivity index (χ2n) is 5.82. The largest absolute Gasteiger partial charge is 0.355 e. The molecular weight excluding hydrogens is 271 g/mol. The van der Waals surface area contributed by atoms with Crippen LogP contribution in [0.15, 0.2) is 24.3 Å². The molecule has 0 bridgehead atoms. The molecule has 1 fully saturated rings. The molecule has 1 saturated heterocycles. The summed E-state index contributed by atoms with van der Waals surface area (Å²) >= 11 is 0. The zero-order chi connectivity index (χ0) is 15.4. The maximum Gasteiger partial charge on any atom is 0.225 e. The van der Waals surface area contributed by atoms with Gasteiger partial charge in [-0.2, -0.15) is 0 Å². The smallest absolute Gasteiger partial charge is 0.225 e. The summed E-state index contributed by atoms with van der Waals surface area (Å²) in [5, 5.41) is 5.74. The van der Waals surface area contributed by atoms with Crippen LogP contribution in [0.5, 0.6) is 0 Å². The van der Waals surface area contributed by atoms with E-state index in [-0.39, 0.29) is 35.5 Å². The normalized spacial score (nSPS) is 20.0. The fourth-order valence-corrected chi connectivity index (χ4v) is 2.53.